The molecule has 1 atom stereocenters. The van der Waals surface area contributed by atoms with E-state index in [1.165, 1.54) is 0 Å². The molecular weight excluding hydrogens is 298 g/mol. The predicted molar refractivity (Wildman–Crippen MR) is 86.9 cm³/mol. The Morgan fingerprint density at radius 2 is 2.04 bits per heavy atom. The van der Waals surface area contributed by atoms with Crippen LogP contribution >= 0.6 is 0 Å². The largest absolute Gasteiger partial charge is 0.444 e. The molecule has 0 spiro atoms. The van der Waals surface area contributed by atoms with Gasteiger partial charge in [-0.3, -0.25) is 9.59 Å². The molecule has 0 aromatic heterocycles. The zero-order chi connectivity index (χ0) is 17.6. The molecule has 3 amide bonds. The maximum Gasteiger partial charge on any atom is 0.410 e. The van der Waals surface area contributed by atoms with E-state index in [-0.39, 0.29) is 30.2 Å². The van der Waals surface area contributed by atoms with Crippen LogP contribution in [0.4, 0.5) is 4.79 Å². The van der Waals surface area contributed by atoms with Crippen molar-refractivity contribution in [2.24, 2.45) is 5.92 Å². The van der Waals surface area contributed by atoms with Crippen molar-refractivity contribution in [2.75, 3.05) is 33.2 Å². The molecule has 23 heavy (non-hydrogen) atoms. The molecule has 132 valence electrons. The maximum absolute atomic E-state index is 12.0. The summed E-state index contributed by atoms with van der Waals surface area (Å²) in [5.41, 5.74) is -0.514. The van der Waals surface area contributed by atoms with E-state index >= 15 is 0 Å². The summed E-state index contributed by atoms with van der Waals surface area (Å²) >= 11 is 0. The second-order valence-corrected chi connectivity index (χ2v) is 6.88. The van der Waals surface area contributed by atoms with E-state index in [0.29, 0.717) is 32.6 Å². The first-order valence-electron chi connectivity index (χ1n) is 8.13. The van der Waals surface area contributed by atoms with Crippen molar-refractivity contribution in [1.82, 2.24) is 15.1 Å². The molecule has 1 heterocycles. The molecule has 1 rings (SSSR count). The van der Waals surface area contributed by atoms with E-state index in [1.54, 1.807) is 16.8 Å². The summed E-state index contributed by atoms with van der Waals surface area (Å²) in [7, 11) is 1.70. The number of likely N-dealkylation sites (tertiary alicyclic amines) is 1. The minimum Gasteiger partial charge on any atom is -0.444 e. The van der Waals surface area contributed by atoms with Crippen LogP contribution in [0, 0.1) is 5.92 Å². The number of hydrogen-bond acceptors (Lipinski definition) is 4. The van der Waals surface area contributed by atoms with Crippen LogP contribution in [0.15, 0.2) is 0 Å². The lowest BCUT2D eigenvalue weighted by Gasteiger charge is -2.26. The third kappa shape index (κ3) is 6.46. The zero-order valence-electron chi connectivity index (χ0n) is 14.8. The highest BCUT2D eigenvalue weighted by Crippen LogP contribution is 2.15. The van der Waals surface area contributed by atoms with Crippen LogP contribution in [-0.2, 0) is 14.3 Å². The van der Waals surface area contributed by atoms with Gasteiger partial charge in [0.1, 0.15) is 5.60 Å². The van der Waals surface area contributed by atoms with Gasteiger partial charge in [0.15, 0.2) is 0 Å². The van der Waals surface area contributed by atoms with E-state index in [9.17, 15) is 14.4 Å². The first-order chi connectivity index (χ1) is 10.6. The van der Waals surface area contributed by atoms with Crippen molar-refractivity contribution < 1.29 is 19.1 Å². The lowest BCUT2D eigenvalue weighted by Crippen LogP contribution is -2.39. The molecule has 7 nitrogen and oxygen atoms in total. The molecule has 0 bridgehead atoms. The van der Waals surface area contributed by atoms with Crippen molar-refractivity contribution in [3.8, 4) is 0 Å². The summed E-state index contributed by atoms with van der Waals surface area (Å²) in [5, 5.41) is 2.84. The Hall–Kier alpha value is -1.79. The molecule has 0 aliphatic carbocycles. The Morgan fingerprint density at radius 3 is 2.52 bits per heavy atom. The Bertz CT molecular complexity index is 445. The Balaban J connectivity index is 2.28. The summed E-state index contributed by atoms with van der Waals surface area (Å²) in [5.74, 6) is -0.351. The van der Waals surface area contributed by atoms with Gasteiger partial charge in [-0.2, -0.15) is 0 Å². The van der Waals surface area contributed by atoms with Gasteiger partial charge in [-0.05, 0) is 34.1 Å². The highest BCUT2D eigenvalue weighted by molar-refractivity contribution is 5.89. The molecule has 0 radical (unpaired) electrons. The van der Waals surface area contributed by atoms with Gasteiger partial charge in [-0.25, -0.2) is 4.79 Å². The molecule has 1 N–H and O–H groups in total. The van der Waals surface area contributed by atoms with Crippen LogP contribution in [-0.4, -0.2) is 66.5 Å². The van der Waals surface area contributed by atoms with E-state index in [4.69, 9.17) is 4.74 Å². The minimum atomic E-state index is -0.514. The zero-order valence-corrected chi connectivity index (χ0v) is 14.8. The predicted octanol–water partition coefficient (Wildman–Crippen LogP) is 1.23. The maximum atomic E-state index is 12.0. The highest BCUT2D eigenvalue weighted by Gasteiger charge is 2.31. The number of rotatable bonds is 6. The van der Waals surface area contributed by atoms with Crippen molar-refractivity contribution >= 4 is 17.9 Å². The molecule has 1 saturated heterocycles. The summed E-state index contributed by atoms with van der Waals surface area (Å²) in [4.78, 5) is 38.6. The number of nitrogens with one attached hydrogen (secondary N) is 1. The summed E-state index contributed by atoms with van der Waals surface area (Å²) in [6.07, 6.45) is 0.589. The molecular formula is C16H29N3O4. The van der Waals surface area contributed by atoms with E-state index in [0.717, 1.165) is 0 Å². The summed E-state index contributed by atoms with van der Waals surface area (Å²) in [6.45, 7) is 9.43. The highest BCUT2D eigenvalue weighted by atomic mass is 16.6. The fourth-order valence-corrected chi connectivity index (χ4v) is 2.37. The lowest BCUT2D eigenvalue weighted by molar-refractivity contribution is -0.128. The van der Waals surface area contributed by atoms with Gasteiger partial charge in [0, 0.05) is 39.6 Å². The fourth-order valence-electron chi connectivity index (χ4n) is 2.37. The van der Waals surface area contributed by atoms with Gasteiger partial charge < -0.3 is 19.9 Å². The number of amides is 3. The van der Waals surface area contributed by atoms with Gasteiger partial charge in [0.25, 0.3) is 0 Å². The third-order valence-electron chi connectivity index (χ3n) is 3.65. The van der Waals surface area contributed by atoms with Crippen molar-refractivity contribution in [3.05, 3.63) is 0 Å². The molecule has 1 fully saturated rings. The SMILES string of the molecule is CCN(CCCNC(=O)C1CC(=O)N(C)C1)C(=O)OC(C)(C)C. The van der Waals surface area contributed by atoms with Crippen molar-refractivity contribution in [1.29, 1.82) is 0 Å². The van der Waals surface area contributed by atoms with Gasteiger partial charge in [0.05, 0.1) is 5.92 Å². The van der Waals surface area contributed by atoms with E-state index in [2.05, 4.69) is 5.32 Å². The van der Waals surface area contributed by atoms with Crippen molar-refractivity contribution in [3.63, 3.8) is 0 Å². The second kappa shape index (κ2) is 8.17. The average molecular weight is 327 g/mol. The van der Waals surface area contributed by atoms with Crippen LogP contribution < -0.4 is 5.32 Å². The van der Waals surface area contributed by atoms with Crippen LogP contribution in [0.2, 0.25) is 0 Å². The number of nitrogens with zero attached hydrogens (tertiary/aromatic N) is 2. The lowest BCUT2D eigenvalue weighted by atomic mass is 10.1. The molecule has 0 saturated carbocycles. The Labute approximate surface area is 138 Å². The number of ether oxygens (including phenoxy) is 1. The first kappa shape index (κ1) is 19.3. The van der Waals surface area contributed by atoms with Crippen LogP contribution in [0.25, 0.3) is 0 Å². The minimum absolute atomic E-state index is 0.00670. The van der Waals surface area contributed by atoms with Crippen LogP contribution in [0.5, 0.6) is 0 Å². The van der Waals surface area contributed by atoms with E-state index in [1.807, 2.05) is 27.7 Å². The molecule has 1 aliphatic heterocycles. The van der Waals surface area contributed by atoms with Gasteiger partial charge in [-0.15, -0.1) is 0 Å². The standard InChI is InChI=1S/C16H29N3O4/c1-6-19(15(22)23-16(2,3)4)9-7-8-17-14(21)12-10-13(20)18(5)11-12/h12H,6-11H2,1-5H3,(H,17,21). The van der Waals surface area contributed by atoms with Crippen LogP contribution in [0.3, 0.4) is 0 Å². The normalized spacial score (nSPS) is 18.0. The molecule has 1 unspecified atom stereocenters. The smallest absolute Gasteiger partial charge is 0.410 e. The Morgan fingerprint density at radius 1 is 1.39 bits per heavy atom. The third-order valence-corrected chi connectivity index (χ3v) is 3.65. The van der Waals surface area contributed by atoms with E-state index < -0.39 is 5.60 Å². The summed E-state index contributed by atoms with van der Waals surface area (Å²) < 4.78 is 5.33. The fraction of sp³-hybridized carbons (Fsp3) is 0.812. The molecule has 0 aromatic carbocycles. The number of carbonyl (C=O) groups is 3. The van der Waals surface area contributed by atoms with Gasteiger partial charge in [-0.1, -0.05) is 0 Å². The summed E-state index contributed by atoms with van der Waals surface area (Å²) in [6, 6.07) is 0. The quantitative estimate of drug-likeness (QED) is 0.744. The Kier molecular flexibility index (Phi) is 6.84. The van der Waals surface area contributed by atoms with Gasteiger partial charge >= 0.3 is 6.09 Å². The topological polar surface area (TPSA) is 79.0 Å². The monoisotopic (exact) mass is 327 g/mol. The van der Waals surface area contributed by atoms with Crippen molar-refractivity contribution in [2.45, 2.75) is 46.1 Å². The molecule has 7 heteroatoms. The number of hydrogen-bond donors (Lipinski definition) is 1. The van der Waals surface area contributed by atoms with Crippen LogP contribution in [0.1, 0.15) is 40.5 Å². The molecule has 0 aromatic rings. The molecule has 1 aliphatic rings. The van der Waals surface area contributed by atoms with Gasteiger partial charge in [0.2, 0.25) is 11.8 Å². The number of carbonyl (C=O) groups excluding carboxylic acids is 3. The average Bonchev–Trinajstić information content (AvgIpc) is 2.76. The first-order valence-corrected chi connectivity index (χ1v) is 8.13. The second-order valence-electron chi connectivity index (χ2n) is 6.88.